The summed E-state index contributed by atoms with van der Waals surface area (Å²) in [6.45, 7) is 2.14. The van der Waals surface area contributed by atoms with Crippen LogP contribution >= 0.6 is 0 Å². The van der Waals surface area contributed by atoms with Gasteiger partial charge in [0.05, 0.1) is 11.0 Å². The van der Waals surface area contributed by atoms with Crippen molar-refractivity contribution in [1.29, 1.82) is 0 Å². The van der Waals surface area contributed by atoms with Crippen molar-refractivity contribution in [2.75, 3.05) is 0 Å². The van der Waals surface area contributed by atoms with Gasteiger partial charge >= 0.3 is 0 Å². The molecule has 1 saturated carbocycles. The Morgan fingerprint density at radius 2 is 1.93 bits per heavy atom. The molecule has 27 heavy (non-hydrogen) atoms. The SMILES string of the molecule is C[C@@H](NC(=O)c1ccc2[nH]c(Cc3ccccc3)nc2c1)C1CCCCC1. The summed E-state index contributed by atoms with van der Waals surface area (Å²) in [5, 5.41) is 3.20. The summed E-state index contributed by atoms with van der Waals surface area (Å²) in [7, 11) is 0. The second kappa shape index (κ2) is 7.95. The molecule has 2 N–H and O–H groups in total. The van der Waals surface area contributed by atoms with Crippen LogP contribution in [0.1, 0.15) is 60.8 Å². The Hall–Kier alpha value is -2.62. The van der Waals surface area contributed by atoms with Crippen molar-refractivity contribution >= 4 is 16.9 Å². The molecule has 4 rings (SSSR count). The maximum Gasteiger partial charge on any atom is 0.251 e. The van der Waals surface area contributed by atoms with Crippen LogP contribution in [0.2, 0.25) is 0 Å². The van der Waals surface area contributed by atoms with Crippen LogP contribution in [0.25, 0.3) is 11.0 Å². The van der Waals surface area contributed by atoms with Crippen molar-refractivity contribution in [3.8, 4) is 0 Å². The molecule has 4 heteroatoms. The summed E-state index contributed by atoms with van der Waals surface area (Å²) in [5.74, 6) is 1.53. The third kappa shape index (κ3) is 4.21. The fraction of sp³-hybridized carbons (Fsp3) is 0.391. The van der Waals surface area contributed by atoms with Crippen LogP contribution in [-0.2, 0) is 6.42 Å². The van der Waals surface area contributed by atoms with E-state index in [1.807, 2.05) is 36.4 Å². The Bertz CT molecular complexity index is 910. The lowest BCUT2D eigenvalue weighted by molar-refractivity contribution is 0.0919. The summed E-state index contributed by atoms with van der Waals surface area (Å²) in [4.78, 5) is 20.7. The number of carbonyl (C=O) groups excluding carboxylic acids is 1. The Kier molecular flexibility index (Phi) is 5.23. The molecular formula is C23H27N3O. The van der Waals surface area contributed by atoms with Crippen LogP contribution in [0.4, 0.5) is 0 Å². The second-order valence-corrected chi connectivity index (χ2v) is 7.74. The highest BCUT2D eigenvalue weighted by Gasteiger charge is 2.22. The molecule has 0 aliphatic heterocycles. The maximum absolute atomic E-state index is 12.7. The molecule has 2 aromatic carbocycles. The van der Waals surface area contributed by atoms with Crippen LogP contribution < -0.4 is 5.32 Å². The minimum atomic E-state index is 0.00239. The van der Waals surface area contributed by atoms with Gasteiger partial charge in [-0.3, -0.25) is 4.79 Å². The molecule has 0 bridgehead atoms. The number of aromatic amines is 1. The standard InChI is InChI=1S/C23H27N3O/c1-16(18-10-6-3-7-11-18)24-23(27)19-12-13-20-21(15-19)26-22(25-20)14-17-8-4-2-5-9-17/h2,4-5,8-9,12-13,15-16,18H,3,6-7,10-11,14H2,1H3,(H,24,27)(H,25,26)/t16-/m1/s1. The minimum Gasteiger partial charge on any atom is -0.349 e. The van der Waals surface area contributed by atoms with Crippen molar-refractivity contribution < 1.29 is 4.79 Å². The van der Waals surface area contributed by atoms with E-state index in [1.165, 1.54) is 37.7 Å². The minimum absolute atomic E-state index is 0.00239. The number of rotatable bonds is 5. The van der Waals surface area contributed by atoms with Crippen LogP contribution in [0.15, 0.2) is 48.5 Å². The number of imidazole rings is 1. The highest BCUT2D eigenvalue weighted by atomic mass is 16.1. The van der Waals surface area contributed by atoms with Gasteiger partial charge in [0.15, 0.2) is 0 Å². The normalized spacial score (nSPS) is 16.3. The lowest BCUT2D eigenvalue weighted by Gasteiger charge is -2.28. The largest absolute Gasteiger partial charge is 0.349 e. The molecule has 1 amide bonds. The monoisotopic (exact) mass is 361 g/mol. The molecule has 0 saturated heterocycles. The van der Waals surface area contributed by atoms with E-state index in [-0.39, 0.29) is 11.9 Å². The Balaban J connectivity index is 1.46. The number of carbonyl (C=O) groups is 1. The van der Waals surface area contributed by atoms with Crippen LogP contribution in [0, 0.1) is 5.92 Å². The predicted molar refractivity (Wildman–Crippen MR) is 109 cm³/mol. The van der Waals surface area contributed by atoms with Gasteiger partial charge in [0.25, 0.3) is 5.91 Å². The lowest BCUT2D eigenvalue weighted by atomic mass is 9.84. The van der Waals surface area contributed by atoms with E-state index in [1.54, 1.807) is 0 Å². The van der Waals surface area contributed by atoms with E-state index < -0.39 is 0 Å². The zero-order chi connectivity index (χ0) is 18.6. The van der Waals surface area contributed by atoms with E-state index in [9.17, 15) is 4.79 Å². The molecule has 1 aromatic heterocycles. The maximum atomic E-state index is 12.7. The number of benzene rings is 2. The molecule has 1 fully saturated rings. The van der Waals surface area contributed by atoms with Gasteiger partial charge in [-0.1, -0.05) is 49.6 Å². The third-order valence-corrected chi connectivity index (χ3v) is 5.72. The lowest BCUT2D eigenvalue weighted by Crippen LogP contribution is -2.38. The number of nitrogens with one attached hydrogen (secondary N) is 2. The van der Waals surface area contributed by atoms with E-state index in [4.69, 9.17) is 0 Å². The zero-order valence-corrected chi connectivity index (χ0v) is 15.9. The molecule has 3 aromatic rings. The number of aromatic nitrogens is 2. The summed E-state index contributed by atoms with van der Waals surface area (Å²) >= 11 is 0. The highest BCUT2D eigenvalue weighted by Crippen LogP contribution is 2.26. The molecule has 1 heterocycles. The number of hydrogen-bond donors (Lipinski definition) is 2. The Labute approximate surface area is 160 Å². The molecule has 1 atom stereocenters. The van der Waals surface area contributed by atoms with Gasteiger partial charge in [-0.15, -0.1) is 0 Å². The number of fused-ring (bicyclic) bond motifs is 1. The first kappa shape index (κ1) is 17.8. The average molecular weight is 361 g/mol. The van der Waals surface area contributed by atoms with Crippen molar-refractivity contribution in [2.45, 2.75) is 51.5 Å². The van der Waals surface area contributed by atoms with Crippen molar-refractivity contribution in [2.24, 2.45) is 5.92 Å². The van der Waals surface area contributed by atoms with Crippen molar-refractivity contribution in [3.63, 3.8) is 0 Å². The van der Waals surface area contributed by atoms with Gasteiger partial charge < -0.3 is 10.3 Å². The molecule has 4 nitrogen and oxygen atoms in total. The van der Waals surface area contributed by atoms with Crippen LogP contribution in [0.5, 0.6) is 0 Å². The molecule has 1 aliphatic carbocycles. The molecule has 140 valence electrons. The van der Waals surface area contributed by atoms with Gasteiger partial charge in [0.1, 0.15) is 5.82 Å². The van der Waals surface area contributed by atoms with Gasteiger partial charge in [0, 0.05) is 18.0 Å². The van der Waals surface area contributed by atoms with Crippen LogP contribution in [-0.4, -0.2) is 21.9 Å². The van der Waals surface area contributed by atoms with Gasteiger partial charge in [-0.05, 0) is 49.4 Å². The first-order chi connectivity index (χ1) is 13.2. The highest BCUT2D eigenvalue weighted by molar-refractivity contribution is 5.97. The quantitative estimate of drug-likeness (QED) is 0.682. The fourth-order valence-electron chi connectivity index (χ4n) is 4.11. The van der Waals surface area contributed by atoms with Gasteiger partial charge in [0.2, 0.25) is 0 Å². The summed E-state index contributed by atoms with van der Waals surface area (Å²) in [5.41, 5.74) is 3.72. The van der Waals surface area contributed by atoms with Gasteiger partial charge in [-0.25, -0.2) is 4.98 Å². The Morgan fingerprint density at radius 1 is 1.15 bits per heavy atom. The molecule has 0 unspecified atom stereocenters. The summed E-state index contributed by atoms with van der Waals surface area (Å²) < 4.78 is 0. The topological polar surface area (TPSA) is 57.8 Å². The Morgan fingerprint density at radius 3 is 2.70 bits per heavy atom. The number of nitrogens with zero attached hydrogens (tertiary/aromatic N) is 1. The molecular weight excluding hydrogens is 334 g/mol. The number of amides is 1. The van der Waals surface area contributed by atoms with Gasteiger partial charge in [-0.2, -0.15) is 0 Å². The fourth-order valence-corrected chi connectivity index (χ4v) is 4.11. The summed E-state index contributed by atoms with van der Waals surface area (Å²) in [6, 6.07) is 16.2. The predicted octanol–water partition coefficient (Wildman–Crippen LogP) is 4.85. The molecule has 0 radical (unpaired) electrons. The van der Waals surface area contributed by atoms with Crippen molar-refractivity contribution in [3.05, 3.63) is 65.5 Å². The van der Waals surface area contributed by atoms with E-state index >= 15 is 0 Å². The molecule has 1 aliphatic rings. The van der Waals surface area contributed by atoms with E-state index in [0.29, 0.717) is 11.5 Å². The number of H-pyrrole nitrogens is 1. The summed E-state index contributed by atoms with van der Waals surface area (Å²) in [6.07, 6.45) is 7.11. The van der Waals surface area contributed by atoms with E-state index in [0.717, 1.165) is 23.3 Å². The van der Waals surface area contributed by atoms with Crippen LogP contribution in [0.3, 0.4) is 0 Å². The molecule has 0 spiro atoms. The average Bonchev–Trinajstić information content (AvgIpc) is 3.10. The smallest absolute Gasteiger partial charge is 0.251 e. The first-order valence-corrected chi connectivity index (χ1v) is 10.0. The van der Waals surface area contributed by atoms with E-state index in [2.05, 4.69) is 34.3 Å². The second-order valence-electron chi connectivity index (χ2n) is 7.74. The third-order valence-electron chi connectivity index (χ3n) is 5.72. The first-order valence-electron chi connectivity index (χ1n) is 10.0. The zero-order valence-electron chi connectivity index (χ0n) is 15.9. The number of hydrogen-bond acceptors (Lipinski definition) is 2. The van der Waals surface area contributed by atoms with Crippen molar-refractivity contribution in [1.82, 2.24) is 15.3 Å².